The van der Waals surface area contributed by atoms with Gasteiger partial charge >= 0.3 is 0 Å². The Hall–Kier alpha value is -1.47. The summed E-state index contributed by atoms with van der Waals surface area (Å²) >= 11 is 3.01. The number of nitro groups is 1. The summed E-state index contributed by atoms with van der Waals surface area (Å²) < 4.78 is 0.865. The number of nitro benzene ring substituents is 1. The predicted molar refractivity (Wildman–Crippen MR) is 67.3 cm³/mol. The number of non-ortho nitro benzene ring substituents is 1. The second kappa shape index (κ2) is 5.24. The number of rotatable bonds is 4. The maximum atomic E-state index is 10.7. The summed E-state index contributed by atoms with van der Waals surface area (Å²) in [5.41, 5.74) is 2.70. The molecule has 0 amide bonds. The van der Waals surface area contributed by atoms with Crippen LogP contribution in [-0.2, 0) is 0 Å². The quantitative estimate of drug-likeness (QED) is 0.483. The van der Waals surface area contributed by atoms with E-state index in [2.05, 4.69) is 10.2 Å². The lowest BCUT2D eigenvalue weighted by molar-refractivity contribution is -0.384. The van der Waals surface area contributed by atoms with Crippen LogP contribution >= 0.6 is 23.1 Å². The van der Waals surface area contributed by atoms with Crippen molar-refractivity contribution in [2.75, 3.05) is 0 Å². The van der Waals surface area contributed by atoms with Crippen molar-refractivity contribution < 1.29 is 4.92 Å². The molecule has 88 valence electrons. The molecule has 0 bridgehead atoms. The average Bonchev–Trinajstić information content (AvgIpc) is 2.82. The SMILES string of the molecule is CC(Sc1nncs1)c1cccc([N+](=O)[O-])c1. The Morgan fingerprint density at radius 3 is 3.00 bits per heavy atom. The largest absolute Gasteiger partial charge is 0.269 e. The number of nitrogens with zero attached hydrogens (tertiary/aromatic N) is 3. The molecule has 1 unspecified atom stereocenters. The van der Waals surface area contributed by atoms with Crippen molar-refractivity contribution in [1.82, 2.24) is 10.2 Å². The molecule has 7 heteroatoms. The van der Waals surface area contributed by atoms with Gasteiger partial charge in [0.2, 0.25) is 0 Å². The molecule has 17 heavy (non-hydrogen) atoms. The van der Waals surface area contributed by atoms with Crippen LogP contribution in [0.2, 0.25) is 0 Å². The van der Waals surface area contributed by atoms with Gasteiger partial charge in [-0.25, -0.2) is 0 Å². The number of benzene rings is 1. The lowest BCUT2D eigenvalue weighted by Gasteiger charge is -2.08. The van der Waals surface area contributed by atoms with E-state index in [-0.39, 0.29) is 15.9 Å². The van der Waals surface area contributed by atoms with Crippen molar-refractivity contribution in [1.29, 1.82) is 0 Å². The van der Waals surface area contributed by atoms with Gasteiger partial charge in [0.15, 0.2) is 4.34 Å². The molecule has 2 aromatic rings. The van der Waals surface area contributed by atoms with Crippen molar-refractivity contribution in [2.45, 2.75) is 16.5 Å². The molecule has 1 aromatic heterocycles. The molecule has 0 aliphatic rings. The van der Waals surface area contributed by atoms with Crippen LogP contribution in [0.3, 0.4) is 0 Å². The molecule has 0 spiro atoms. The normalized spacial score (nSPS) is 12.3. The van der Waals surface area contributed by atoms with Crippen molar-refractivity contribution in [3.05, 3.63) is 45.5 Å². The van der Waals surface area contributed by atoms with E-state index < -0.39 is 0 Å². The Balaban J connectivity index is 2.16. The van der Waals surface area contributed by atoms with Crippen LogP contribution in [0.1, 0.15) is 17.7 Å². The first-order valence-electron chi connectivity index (χ1n) is 4.84. The first-order valence-corrected chi connectivity index (χ1v) is 6.60. The molecule has 1 atom stereocenters. The Morgan fingerprint density at radius 2 is 2.35 bits per heavy atom. The van der Waals surface area contributed by atoms with Crippen LogP contribution in [0.5, 0.6) is 0 Å². The summed E-state index contributed by atoms with van der Waals surface area (Å²) in [7, 11) is 0. The van der Waals surface area contributed by atoms with Gasteiger partial charge in [0, 0.05) is 17.4 Å². The van der Waals surface area contributed by atoms with E-state index in [9.17, 15) is 10.1 Å². The van der Waals surface area contributed by atoms with Crippen LogP contribution in [-0.4, -0.2) is 15.1 Å². The lowest BCUT2D eigenvalue weighted by atomic mass is 10.1. The first-order chi connectivity index (χ1) is 8.16. The van der Waals surface area contributed by atoms with Crippen molar-refractivity contribution in [3.8, 4) is 0 Å². The highest BCUT2D eigenvalue weighted by molar-refractivity contribution is 8.01. The van der Waals surface area contributed by atoms with E-state index >= 15 is 0 Å². The fourth-order valence-electron chi connectivity index (χ4n) is 1.32. The van der Waals surface area contributed by atoms with Gasteiger partial charge in [-0.1, -0.05) is 35.2 Å². The molecular weight excluding hydrogens is 258 g/mol. The topological polar surface area (TPSA) is 68.9 Å². The van der Waals surface area contributed by atoms with Gasteiger partial charge in [0.05, 0.1) is 4.92 Å². The van der Waals surface area contributed by atoms with Gasteiger partial charge in [0.1, 0.15) is 5.51 Å². The molecule has 0 aliphatic heterocycles. The smallest absolute Gasteiger partial charge is 0.258 e. The van der Waals surface area contributed by atoms with Gasteiger partial charge in [-0.15, -0.1) is 10.2 Å². The second-order valence-corrected chi connectivity index (χ2v) is 5.74. The summed E-state index contributed by atoms with van der Waals surface area (Å²) in [4.78, 5) is 10.3. The zero-order valence-electron chi connectivity index (χ0n) is 8.94. The third-order valence-electron chi connectivity index (χ3n) is 2.17. The van der Waals surface area contributed by atoms with Crippen molar-refractivity contribution >= 4 is 28.8 Å². The molecule has 0 fully saturated rings. The summed E-state index contributed by atoms with van der Waals surface area (Å²) in [6.45, 7) is 1.99. The first kappa shape index (κ1) is 12.0. The highest BCUT2D eigenvalue weighted by Gasteiger charge is 2.13. The van der Waals surface area contributed by atoms with Crippen LogP contribution in [0.4, 0.5) is 5.69 Å². The third kappa shape index (κ3) is 3.01. The highest BCUT2D eigenvalue weighted by Crippen LogP contribution is 2.36. The molecule has 2 rings (SSSR count). The maximum Gasteiger partial charge on any atom is 0.269 e. The minimum atomic E-state index is -0.383. The number of hydrogen-bond donors (Lipinski definition) is 0. The Bertz CT molecular complexity index is 516. The van der Waals surface area contributed by atoms with Crippen LogP contribution in [0.15, 0.2) is 34.1 Å². The summed E-state index contributed by atoms with van der Waals surface area (Å²) in [5.74, 6) is 0. The molecule has 1 heterocycles. The van der Waals surface area contributed by atoms with Crippen molar-refractivity contribution in [3.63, 3.8) is 0 Å². The Kier molecular flexibility index (Phi) is 3.70. The second-order valence-electron chi connectivity index (χ2n) is 3.32. The molecular formula is C10H9N3O2S2. The van der Waals surface area contributed by atoms with Crippen LogP contribution in [0, 0.1) is 10.1 Å². The van der Waals surface area contributed by atoms with E-state index in [1.807, 2.05) is 13.0 Å². The van der Waals surface area contributed by atoms with E-state index in [0.717, 1.165) is 9.90 Å². The number of aromatic nitrogens is 2. The molecule has 0 saturated heterocycles. The van der Waals surface area contributed by atoms with Gasteiger partial charge in [0.25, 0.3) is 5.69 Å². The fraction of sp³-hybridized carbons (Fsp3) is 0.200. The highest BCUT2D eigenvalue weighted by atomic mass is 32.2. The zero-order valence-corrected chi connectivity index (χ0v) is 10.6. The zero-order chi connectivity index (χ0) is 12.3. The van der Waals surface area contributed by atoms with Gasteiger partial charge < -0.3 is 0 Å². The predicted octanol–water partition coefficient (Wildman–Crippen LogP) is 3.30. The maximum absolute atomic E-state index is 10.7. The molecule has 0 radical (unpaired) electrons. The molecule has 1 aromatic carbocycles. The lowest BCUT2D eigenvalue weighted by Crippen LogP contribution is -1.92. The molecule has 5 nitrogen and oxygen atoms in total. The Morgan fingerprint density at radius 1 is 1.53 bits per heavy atom. The third-order valence-corrected chi connectivity index (χ3v) is 4.14. The van der Waals surface area contributed by atoms with E-state index in [4.69, 9.17) is 0 Å². The summed E-state index contributed by atoms with van der Waals surface area (Å²) in [6.07, 6.45) is 0. The minimum Gasteiger partial charge on any atom is -0.258 e. The van der Waals surface area contributed by atoms with Gasteiger partial charge in [-0.2, -0.15) is 0 Å². The number of thioether (sulfide) groups is 1. The fourth-order valence-corrected chi connectivity index (χ4v) is 3.07. The van der Waals surface area contributed by atoms with Gasteiger partial charge in [-0.05, 0) is 12.5 Å². The average molecular weight is 267 g/mol. The Labute approximate surface area is 106 Å². The standard InChI is InChI=1S/C10H9N3O2S2/c1-7(17-10-12-11-6-16-10)8-3-2-4-9(5-8)13(14)15/h2-7H,1H3. The molecule has 0 saturated carbocycles. The van der Waals surface area contributed by atoms with Crippen LogP contribution < -0.4 is 0 Å². The minimum absolute atomic E-state index is 0.114. The molecule has 0 aliphatic carbocycles. The van der Waals surface area contributed by atoms with E-state index in [0.29, 0.717) is 0 Å². The van der Waals surface area contributed by atoms with Gasteiger partial charge in [-0.3, -0.25) is 10.1 Å². The van der Waals surface area contributed by atoms with Crippen molar-refractivity contribution in [2.24, 2.45) is 0 Å². The van der Waals surface area contributed by atoms with Crippen LogP contribution in [0.25, 0.3) is 0 Å². The monoisotopic (exact) mass is 267 g/mol. The number of hydrogen-bond acceptors (Lipinski definition) is 6. The summed E-state index contributed by atoms with van der Waals surface area (Å²) in [5, 5.41) is 18.5. The van der Waals surface area contributed by atoms with E-state index in [1.165, 1.54) is 17.4 Å². The molecule has 0 N–H and O–H groups in total. The van der Waals surface area contributed by atoms with E-state index in [1.54, 1.807) is 29.4 Å². The summed E-state index contributed by atoms with van der Waals surface area (Å²) in [6, 6.07) is 6.67.